The van der Waals surface area contributed by atoms with Crippen LogP contribution < -0.4 is 24.4 Å². The highest BCUT2D eigenvalue weighted by atomic mass is 32.1. The van der Waals surface area contributed by atoms with E-state index in [9.17, 15) is 9.59 Å². The number of carbonyl (C=O) groups excluding carboxylic acids is 1. The highest BCUT2D eigenvalue weighted by molar-refractivity contribution is 7.07. The van der Waals surface area contributed by atoms with Gasteiger partial charge in [0.15, 0.2) is 16.3 Å². The fraction of sp³-hybridized carbons (Fsp3) is 0.296. The molecular weight excluding hydrogens is 464 g/mol. The maximum atomic E-state index is 13.7. The molecule has 0 radical (unpaired) electrons. The number of methoxy groups -OCH3 is 1. The number of hydrogen-bond acceptors (Lipinski definition) is 7. The highest BCUT2D eigenvalue weighted by Gasteiger charge is 2.33. The second-order valence-corrected chi connectivity index (χ2v) is 9.07. The lowest BCUT2D eigenvalue weighted by Gasteiger charge is -2.24. The van der Waals surface area contributed by atoms with Crippen LogP contribution in [-0.2, 0) is 9.53 Å². The lowest BCUT2D eigenvalue weighted by molar-refractivity contribution is -0.139. The predicted molar refractivity (Wildman–Crippen MR) is 136 cm³/mol. The SMILES string of the molecule is CCOC(=O)C1=C(C)N=c2sc(=Cc3ccc(OCC)c(OC)c3)c(=O)n2C1c1ccc(C)cc1. The second kappa shape index (κ2) is 10.3. The van der Waals surface area contributed by atoms with Crippen LogP contribution in [0.25, 0.3) is 6.08 Å². The van der Waals surface area contributed by atoms with Crippen LogP contribution in [0.15, 0.2) is 63.5 Å². The number of hydrogen-bond donors (Lipinski definition) is 0. The number of allylic oxidation sites excluding steroid dienone is 1. The summed E-state index contributed by atoms with van der Waals surface area (Å²) in [6.07, 6.45) is 1.80. The van der Waals surface area contributed by atoms with Crippen molar-refractivity contribution in [3.8, 4) is 11.5 Å². The molecule has 2 heterocycles. The molecule has 1 aromatic heterocycles. The molecule has 8 heteroatoms. The number of esters is 1. The molecule has 0 saturated carbocycles. The van der Waals surface area contributed by atoms with Crippen LogP contribution in [0, 0.1) is 6.92 Å². The predicted octanol–water partition coefficient (Wildman–Crippen LogP) is 3.51. The van der Waals surface area contributed by atoms with Crippen LogP contribution in [0.3, 0.4) is 0 Å². The van der Waals surface area contributed by atoms with E-state index < -0.39 is 12.0 Å². The van der Waals surface area contributed by atoms with Crippen molar-refractivity contribution in [1.29, 1.82) is 0 Å². The molecule has 1 aliphatic rings. The van der Waals surface area contributed by atoms with Crippen molar-refractivity contribution in [2.45, 2.75) is 33.7 Å². The van der Waals surface area contributed by atoms with Crippen molar-refractivity contribution in [2.75, 3.05) is 20.3 Å². The number of aryl methyl sites for hydroxylation is 1. The van der Waals surface area contributed by atoms with E-state index in [1.807, 2.05) is 56.3 Å². The molecule has 1 aliphatic heterocycles. The monoisotopic (exact) mass is 492 g/mol. The maximum Gasteiger partial charge on any atom is 0.338 e. The Kier molecular flexibility index (Phi) is 7.21. The smallest absolute Gasteiger partial charge is 0.338 e. The first-order valence-electron chi connectivity index (χ1n) is 11.4. The van der Waals surface area contributed by atoms with Crippen molar-refractivity contribution < 1.29 is 19.0 Å². The summed E-state index contributed by atoms with van der Waals surface area (Å²) in [7, 11) is 1.58. The van der Waals surface area contributed by atoms with Gasteiger partial charge in [0.25, 0.3) is 5.56 Å². The van der Waals surface area contributed by atoms with Crippen molar-refractivity contribution >= 4 is 23.4 Å². The van der Waals surface area contributed by atoms with E-state index in [1.54, 1.807) is 31.6 Å². The molecule has 0 fully saturated rings. The topological polar surface area (TPSA) is 79.1 Å². The Hall–Kier alpha value is -3.65. The molecule has 0 bridgehead atoms. The average Bonchev–Trinajstić information content (AvgIpc) is 3.14. The lowest BCUT2D eigenvalue weighted by atomic mass is 9.95. The van der Waals surface area contributed by atoms with Crippen molar-refractivity contribution in [3.05, 3.63) is 90.1 Å². The minimum atomic E-state index is -0.622. The van der Waals surface area contributed by atoms with E-state index in [0.29, 0.717) is 38.7 Å². The Balaban J connectivity index is 1.90. The highest BCUT2D eigenvalue weighted by Crippen LogP contribution is 2.31. The molecule has 0 N–H and O–H groups in total. The molecule has 0 saturated heterocycles. The second-order valence-electron chi connectivity index (χ2n) is 8.06. The van der Waals surface area contributed by atoms with Crippen LogP contribution in [0.1, 0.15) is 43.5 Å². The van der Waals surface area contributed by atoms with E-state index in [-0.39, 0.29) is 12.2 Å². The third-order valence-electron chi connectivity index (χ3n) is 5.70. The summed E-state index contributed by atoms with van der Waals surface area (Å²) >= 11 is 1.29. The summed E-state index contributed by atoms with van der Waals surface area (Å²) in [5.74, 6) is 0.763. The quantitative estimate of drug-likeness (QED) is 0.472. The lowest BCUT2D eigenvalue weighted by Crippen LogP contribution is -2.39. The Bertz CT molecular complexity index is 1460. The molecule has 0 amide bonds. The molecule has 182 valence electrons. The van der Waals surface area contributed by atoms with E-state index >= 15 is 0 Å². The molecule has 0 spiro atoms. The summed E-state index contributed by atoms with van der Waals surface area (Å²) in [5, 5.41) is 0. The molecule has 1 unspecified atom stereocenters. The molecule has 1 atom stereocenters. The molecule has 4 rings (SSSR count). The van der Waals surface area contributed by atoms with E-state index in [2.05, 4.69) is 4.99 Å². The fourth-order valence-corrected chi connectivity index (χ4v) is 5.10. The number of rotatable bonds is 7. The number of carbonyl (C=O) groups is 1. The standard InChI is InChI=1S/C27H28N2O5S/c1-6-33-20-13-10-18(14-21(20)32-5)15-22-25(30)29-24(19-11-8-16(3)9-12-19)23(26(31)34-7-2)17(4)28-27(29)35-22/h8-15,24H,6-7H2,1-5H3. The zero-order chi connectivity index (χ0) is 25.1. The van der Waals surface area contributed by atoms with Gasteiger partial charge < -0.3 is 14.2 Å². The summed E-state index contributed by atoms with van der Waals surface area (Å²) in [6.45, 7) is 8.20. The van der Waals surface area contributed by atoms with Gasteiger partial charge in [0, 0.05) is 0 Å². The number of nitrogens with zero attached hydrogens (tertiary/aromatic N) is 2. The summed E-state index contributed by atoms with van der Waals surface area (Å²) in [6, 6.07) is 12.7. The van der Waals surface area contributed by atoms with Crippen LogP contribution >= 0.6 is 11.3 Å². The minimum Gasteiger partial charge on any atom is -0.493 e. The van der Waals surface area contributed by atoms with Crippen LogP contribution in [-0.4, -0.2) is 30.9 Å². The van der Waals surface area contributed by atoms with Gasteiger partial charge in [-0.3, -0.25) is 9.36 Å². The Morgan fingerprint density at radius 2 is 1.83 bits per heavy atom. The van der Waals surface area contributed by atoms with Gasteiger partial charge in [-0.1, -0.05) is 47.2 Å². The largest absolute Gasteiger partial charge is 0.493 e. The van der Waals surface area contributed by atoms with E-state index in [1.165, 1.54) is 11.3 Å². The first-order chi connectivity index (χ1) is 16.9. The normalized spacial score (nSPS) is 15.5. The average molecular weight is 493 g/mol. The maximum absolute atomic E-state index is 13.7. The summed E-state index contributed by atoms with van der Waals surface area (Å²) in [4.78, 5) is 31.8. The minimum absolute atomic E-state index is 0.221. The number of benzene rings is 2. The van der Waals surface area contributed by atoms with Gasteiger partial charge in [0.2, 0.25) is 0 Å². The molecule has 7 nitrogen and oxygen atoms in total. The summed E-state index contributed by atoms with van der Waals surface area (Å²) < 4.78 is 18.5. The molecule has 3 aromatic rings. The third-order valence-corrected chi connectivity index (χ3v) is 6.68. The first-order valence-corrected chi connectivity index (χ1v) is 12.3. The van der Waals surface area contributed by atoms with Crippen molar-refractivity contribution in [2.24, 2.45) is 4.99 Å². The van der Waals surface area contributed by atoms with Crippen molar-refractivity contribution in [3.63, 3.8) is 0 Å². The van der Waals surface area contributed by atoms with Gasteiger partial charge in [-0.25, -0.2) is 9.79 Å². The van der Waals surface area contributed by atoms with Gasteiger partial charge in [-0.2, -0.15) is 0 Å². The van der Waals surface area contributed by atoms with Crippen LogP contribution in [0.2, 0.25) is 0 Å². The van der Waals surface area contributed by atoms with Gasteiger partial charge in [-0.05, 0) is 57.0 Å². The van der Waals surface area contributed by atoms with Gasteiger partial charge >= 0.3 is 5.97 Å². The van der Waals surface area contributed by atoms with E-state index in [0.717, 1.165) is 16.7 Å². The molecule has 35 heavy (non-hydrogen) atoms. The molecule has 2 aromatic carbocycles. The Morgan fingerprint density at radius 1 is 1.09 bits per heavy atom. The van der Waals surface area contributed by atoms with E-state index in [4.69, 9.17) is 14.2 Å². The zero-order valence-corrected chi connectivity index (χ0v) is 21.3. The van der Waals surface area contributed by atoms with Crippen LogP contribution in [0.5, 0.6) is 11.5 Å². The summed E-state index contributed by atoms with van der Waals surface area (Å²) in [5.41, 5.74) is 3.40. The van der Waals surface area contributed by atoms with Gasteiger partial charge in [0.1, 0.15) is 0 Å². The number of ether oxygens (including phenoxy) is 3. The van der Waals surface area contributed by atoms with Crippen LogP contribution in [0.4, 0.5) is 0 Å². The number of thiazole rings is 1. The fourth-order valence-electron chi connectivity index (χ4n) is 4.06. The van der Waals surface area contributed by atoms with Crippen molar-refractivity contribution in [1.82, 2.24) is 4.57 Å². The molecular formula is C27H28N2O5S. The number of fused-ring (bicyclic) bond motifs is 1. The third kappa shape index (κ3) is 4.79. The first kappa shape index (κ1) is 24.5. The van der Waals surface area contributed by atoms with Gasteiger partial charge in [0.05, 0.1) is 42.2 Å². The zero-order valence-electron chi connectivity index (χ0n) is 20.5. The Labute approximate surface area is 207 Å². The number of aromatic nitrogens is 1. The van der Waals surface area contributed by atoms with Gasteiger partial charge in [-0.15, -0.1) is 0 Å². The molecule has 0 aliphatic carbocycles. The Morgan fingerprint density at radius 3 is 2.49 bits per heavy atom.